The fraction of sp³-hybridized carbons (Fsp3) is 0.400. The quantitative estimate of drug-likeness (QED) is 0.213. The zero-order chi connectivity index (χ0) is 29.4. The van der Waals surface area contributed by atoms with Gasteiger partial charge in [-0.15, -0.1) is 23.2 Å². The van der Waals surface area contributed by atoms with Crippen LogP contribution in [-0.2, 0) is 25.6 Å². The van der Waals surface area contributed by atoms with Crippen LogP contribution in [0.3, 0.4) is 0 Å². The lowest BCUT2D eigenvalue weighted by Crippen LogP contribution is -2.60. The van der Waals surface area contributed by atoms with Crippen molar-refractivity contribution < 1.29 is 29.4 Å². The normalized spacial score (nSPS) is 32.6. The number of imide groups is 2. The number of fused-ring (bicyclic) bond motifs is 4. The largest absolute Gasteiger partial charge is 0.508 e. The van der Waals surface area contributed by atoms with E-state index in [0.29, 0.717) is 23.1 Å². The Balaban J connectivity index is 1.41. The van der Waals surface area contributed by atoms with E-state index in [1.165, 1.54) is 11.0 Å². The summed E-state index contributed by atoms with van der Waals surface area (Å²) >= 11 is 17.6. The number of nitrogens with zero attached hydrogens (tertiary/aromatic N) is 2. The van der Waals surface area contributed by atoms with Crippen molar-refractivity contribution in [2.24, 2.45) is 17.8 Å². The number of carbonyl (C=O) groups is 4. The molecule has 2 saturated heterocycles. The maximum atomic E-state index is 13.9. The Morgan fingerprint density at radius 2 is 1.66 bits per heavy atom. The molecule has 2 aliphatic heterocycles. The zero-order valence-electron chi connectivity index (χ0n) is 22.0. The lowest BCUT2D eigenvalue weighted by Gasteiger charge is -2.50. The van der Waals surface area contributed by atoms with Crippen molar-refractivity contribution in [1.29, 1.82) is 0 Å². The topological polar surface area (TPSA) is 115 Å². The molecule has 1 saturated carbocycles. The summed E-state index contributed by atoms with van der Waals surface area (Å²) in [5.74, 6) is -4.49. The summed E-state index contributed by atoms with van der Waals surface area (Å²) in [7, 11) is 0. The molecule has 0 radical (unpaired) electrons. The number of carbonyl (C=O) groups excluding carboxylic acids is 4. The van der Waals surface area contributed by atoms with Gasteiger partial charge in [-0.1, -0.05) is 51.8 Å². The number of benzene rings is 2. The predicted octanol–water partition coefficient (Wildman–Crippen LogP) is 4.36. The lowest BCUT2D eigenvalue weighted by molar-refractivity contribution is -0.141. The third kappa shape index (κ3) is 3.92. The highest BCUT2D eigenvalue weighted by atomic mass is 79.9. The van der Waals surface area contributed by atoms with E-state index in [4.69, 9.17) is 23.2 Å². The maximum Gasteiger partial charge on any atom is 0.254 e. The second-order valence-electron chi connectivity index (χ2n) is 11.3. The van der Waals surface area contributed by atoms with Gasteiger partial charge >= 0.3 is 0 Å². The summed E-state index contributed by atoms with van der Waals surface area (Å²) < 4.78 is 0. The van der Waals surface area contributed by atoms with Crippen LogP contribution < -0.4 is 0 Å². The molecule has 0 spiro atoms. The van der Waals surface area contributed by atoms with Crippen LogP contribution in [0, 0.1) is 24.7 Å². The molecule has 2 aromatic rings. The third-order valence-electron chi connectivity index (χ3n) is 9.22. The summed E-state index contributed by atoms with van der Waals surface area (Å²) in [6.45, 7) is 1.90. The maximum absolute atomic E-state index is 13.9. The van der Waals surface area contributed by atoms with Crippen molar-refractivity contribution in [1.82, 2.24) is 9.80 Å². The highest BCUT2D eigenvalue weighted by Crippen LogP contribution is 2.65. The number of allylic oxidation sites excluding steroid dienone is 2. The van der Waals surface area contributed by atoms with Gasteiger partial charge in [-0.05, 0) is 67.0 Å². The molecule has 11 heteroatoms. The molecule has 4 aliphatic rings. The molecule has 41 heavy (non-hydrogen) atoms. The Labute approximate surface area is 255 Å². The molecule has 2 heterocycles. The van der Waals surface area contributed by atoms with Gasteiger partial charge in [0.25, 0.3) is 11.8 Å². The number of halogens is 3. The van der Waals surface area contributed by atoms with E-state index in [0.717, 1.165) is 10.5 Å². The van der Waals surface area contributed by atoms with Gasteiger partial charge in [-0.25, -0.2) is 0 Å². The first kappa shape index (κ1) is 28.2. The molecule has 2 aliphatic carbocycles. The van der Waals surface area contributed by atoms with E-state index in [1.807, 2.05) is 6.08 Å². The fourth-order valence-electron chi connectivity index (χ4n) is 7.17. The van der Waals surface area contributed by atoms with Crippen LogP contribution in [-0.4, -0.2) is 65.4 Å². The van der Waals surface area contributed by atoms with Crippen molar-refractivity contribution in [2.75, 3.05) is 12.0 Å². The molecule has 4 amide bonds. The number of amides is 4. The van der Waals surface area contributed by atoms with E-state index in [1.54, 1.807) is 43.3 Å². The molecule has 8 nitrogen and oxygen atoms in total. The van der Waals surface area contributed by atoms with E-state index in [9.17, 15) is 29.4 Å². The van der Waals surface area contributed by atoms with Gasteiger partial charge in [-0.2, -0.15) is 0 Å². The van der Waals surface area contributed by atoms with E-state index >= 15 is 0 Å². The molecule has 2 N–H and O–H groups in total. The van der Waals surface area contributed by atoms with Crippen LogP contribution in [0.5, 0.6) is 11.5 Å². The summed E-state index contributed by atoms with van der Waals surface area (Å²) in [5, 5.41) is 19.8. The number of aromatic hydroxyl groups is 2. The number of rotatable bonds is 5. The second kappa shape index (κ2) is 9.85. The number of likely N-dealkylation sites (tertiary alicyclic amines) is 2. The Morgan fingerprint density at radius 3 is 2.32 bits per heavy atom. The molecule has 6 unspecified atom stereocenters. The number of hydrogen-bond acceptors (Lipinski definition) is 6. The van der Waals surface area contributed by atoms with Gasteiger partial charge < -0.3 is 10.2 Å². The molecular formula is C30H27BrCl2N2O6. The zero-order valence-corrected chi connectivity index (χ0v) is 25.1. The van der Waals surface area contributed by atoms with Gasteiger partial charge in [0.15, 0.2) is 9.75 Å². The molecular weight excluding hydrogens is 635 g/mol. The Bertz CT molecular complexity index is 1530. The predicted molar refractivity (Wildman–Crippen MR) is 155 cm³/mol. The van der Waals surface area contributed by atoms with Crippen LogP contribution in [0.1, 0.15) is 35.4 Å². The first-order chi connectivity index (χ1) is 19.4. The second-order valence-corrected chi connectivity index (χ2v) is 13.0. The van der Waals surface area contributed by atoms with E-state index < -0.39 is 45.2 Å². The number of alkyl halides is 3. The van der Waals surface area contributed by atoms with Crippen LogP contribution in [0.15, 0.2) is 54.1 Å². The molecule has 6 atom stereocenters. The minimum absolute atomic E-state index is 0.0660. The molecule has 3 fully saturated rings. The van der Waals surface area contributed by atoms with Gasteiger partial charge in [-0.3, -0.25) is 29.0 Å². The highest BCUT2D eigenvalue weighted by Gasteiger charge is 2.76. The fourth-order valence-corrected chi connectivity index (χ4v) is 8.60. The molecule has 214 valence electrons. The van der Waals surface area contributed by atoms with Gasteiger partial charge in [0.2, 0.25) is 11.8 Å². The van der Waals surface area contributed by atoms with Crippen molar-refractivity contribution >= 4 is 62.8 Å². The summed E-state index contributed by atoms with van der Waals surface area (Å²) in [6.07, 6.45) is 2.53. The van der Waals surface area contributed by atoms with Crippen LogP contribution in [0.25, 0.3) is 0 Å². The molecule has 2 aromatic carbocycles. The summed E-state index contributed by atoms with van der Waals surface area (Å²) in [4.78, 5) is 53.5. The summed E-state index contributed by atoms with van der Waals surface area (Å²) in [5.41, 5.74) is 2.64. The van der Waals surface area contributed by atoms with Crippen molar-refractivity contribution in [3.63, 3.8) is 0 Å². The number of phenols is 2. The smallest absolute Gasteiger partial charge is 0.254 e. The lowest BCUT2D eigenvalue weighted by atomic mass is 9.56. The highest BCUT2D eigenvalue weighted by molar-refractivity contribution is 9.09. The minimum atomic E-state index is -1.87. The third-order valence-corrected chi connectivity index (χ3v) is 11.1. The Hall–Kier alpha value is -2.88. The molecule has 0 aromatic heterocycles. The van der Waals surface area contributed by atoms with Gasteiger partial charge in [0, 0.05) is 12.5 Å². The van der Waals surface area contributed by atoms with Crippen LogP contribution >= 0.6 is 39.1 Å². The Morgan fingerprint density at radius 1 is 0.951 bits per heavy atom. The molecule has 6 rings (SSSR count). The number of hydrogen-bond donors (Lipinski definition) is 2. The average Bonchev–Trinajstić information content (AvgIpc) is 3.27. The van der Waals surface area contributed by atoms with Gasteiger partial charge in [0.1, 0.15) is 11.5 Å². The SMILES string of the molecule is Cc1cc(C2C3=CCC4C(=O)N(CCc5ccc(O)cc5)C(=O)C4C3CC3(Cl)C(=O)N(CBr)C(=O)C23Cl)ccc1O. The van der Waals surface area contributed by atoms with Crippen molar-refractivity contribution in [3.8, 4) is 11.5 Å². The minimum Gasteiger partial charge on any atom is -0.508 e. The van der Waals surface area contributed by atoms with Crippen molar-refractivity contribution in [3.05, 3.63) is 70.8 Å². The van der Waals surface area contributed by atoms with Crippen LogP contribution in [0.4, 0.5) is 0 Å². The van der Waals surface area contributed by atoms with E-state index in [2.05, 4.69) is 15.9 Å². The number of phenolic OH excluding ortho intramolecular Hbond substituents is 2. The van der Waals surface area contributed by atoms with Gasteiger partial charge in [0.05, 0.1) is 17.3 Å². The van der Waals surface area contributed by atoms with E-state index in [-0.39, 0.29) is 48.2 Å². The Kier molecular flexibility index (Phi) is 6.79. The monoisotopic (exact) mass is 660 g/mol. The van der Waals surface area contributed by atoms with Crippen molar-refractivity contribution in [2.45, 2.75) is 41.9 Å². The average molecular weight is 662 g/mol. The molecule has 0 bridgehead atoms. The first-order valence-corrected chi connectivity index (χ1v) is 15.2. The summed E-state index contributed by atoms with van der Waals surface area (Å²) in [6, 6.07) is 11.5. The van der Waals surface area contributed by atoms with Crippen LogP contribution in [0.2, 0.25) is 0 Å². The number of aryl methyl sites for hydroxylation is 1. The standard InChI is InChI=1S/C30H27BrCl2N2O6/c1-15-12-17(4-9-22(15)37)24-19-7-8-20-23(21(19)13-29(32)27(40)35(14-31)28(41)30(24,29)33)26(39)34(25(20)38)11-10-16-2-5-18(36)6-3-16/h2-7,9,12,20-21,23-24,36-37H,8,10-11,13-14H2,1H3. The first-order valence-electron chi connectivity index (χ1n) is 13.4.